The molecule has 0 unspecified atom stereocenters. The summed E-state index contributed by atoms with van der Waals surface area (Å²) in [5.41, 5.74) is 1.84. The predicted molar refractivity (Wildman–Crippen MR) is 82.4 cm³/mol. The van der Waals surface area contributed by atoms with Crippen LogP contribution < -0.4 is 0 Å². The Kier molecular flexibility index (Phi) is 4.57. The van der Waals surface area contributed by atoms with Crippen molar-refractivity contribution >= 4 is 6.09 Å². The number of carbonyl (C=O) groups is 1. The zero-order valence-electron chi connectivity index (χ0n) is 13.3. The molecule has 0 radical (unpaired) electrons. The fraction of sp³-hybridized carbons (Fsp3) is 0.588. The van der Waals surface area contributed by atoms with E-state index in [0.717, 1.165) is 12.0 Å². The summed E-state index contributed by atoms with van der Waals surface area (Å²) >= 11 is 0. The summed E-state index contributed by atoms with van der Waals surface area (Å²) in [6, 6.07) is 8.24. The van der Waals surface area contributed by atoms with E-state index in [0.29, 0.717) is 13.1 Å². The van der Waals surface area contributed by atoms with Gasteiger partial charge in [0.2, 0.25) is 0 Å². The number of β-amino-alcohol motifs (C(OH)–C–C–N with tert-alkyl or cyclic N) is 1. The zero-order valence-corrected chi connectivity index (χ0v) is 13.3. The molecule has 4 heteroatoms. The molecule has 0 aromatic heterocycles. The summed E-state index contributed by atoms with van der Waals surface area (Å²) in [6.07, 6.45) is -0.137. The van der Waals surface area contributed by atoms with Gasteiger partial charge in [0.1, 0.15) is 5.60 Å². The van der Waals surface area contributed by atoms with Gasteiger partial charge < -0.3 is 14.7 Å². The lowest BCUT2D eigenvalue weighted by molar-refractivity contribution is -0.00151. The van der Waals surface area contributed by atoms with Crippen LogP contribution in [0.4, 0.5) is 4.79 Å². The van der Waals surface area contributed by atoms with Gasteiger partial charge in [-0.3, -0.25) is 0 Å². The van der Waals surface area contributed by atoms with Gasteiger partial charge in [-0.2, -0.15) is 0 Å². The second-order valence-corrected chi connectivity index (χ2v) is 6.80. The highest BCUT2D eigenvalue weighted by Crippen LogP contribution is 2.29. The molecule has 2 atom stereocenters. The Morgan fingerprint density at radius 1 is 1.29 bits per heavy atom. The molecule has 1 aromatic carbocycles. The number of aryl methyl sites for hydroxylation is 1. The van der Waals surface area contributed by atoms with E-state index in [9.17, 15) is 9.90 Å². The molecule has 4 nitrogen and oxygen atoms in total. The van der Waals surface area contributed by atoms with Crippen molar-refractivity contribution in [3.05, 3.63) is 35.4 Å². The van der Waals surface area contributed by atoms with Gasteiger partial charge in [0.25, 0.3) is 0 Å². The summed E-state index contributed by atoms with van der Waals surface area (Å²) in [5, 5.41) is 10.4. The number of nitrogens with zero attached hydrogens (tertiary/aromatic N) is 1. The number of rotatable bonds is 1. The Morgan fingerprint density at radius 3 is 2.43 bits per heavy atom. The normalized spacial score (nSPS) is 23.0. The fourth-order valence-electron chi connectivity index (χ4n) is 2.63. The minimum atomic E-state index is -0.547. The minimum Gasteiger partial charge on any atom is -0.444 e. The maximum atomic E-state index is 12.0. The quantitative estimate of drug-likeness (QED) is 0.865. The van der Waals surface area contributed by atoms with E-state index in [-0.39, 0.29) is 12.0 Å². The van der Waals surface area contributed by atoms with E-state index in [1.807, 2.05) is 27.7 Å². The monoisotopic (exact) mass is 291 g/mol. The van der Waals surface area contributed by atoms with Crippen LogP contribution in [0.15, 0.2) is 24.3 Å². The molecule has 1 fully saturated rings. The SMILES string of the molecule is Cc1ccc([C@H]2CCN(C(=O)OC(C)(C)C)C[C@@H]2O)cc1. The van der Waals surface area contributed by atoms with E-state index in [4.69, 9.17) is 4.74 Å². The number of benzene rings is 1. The smallest absolute Gasteiger partial charge is 0.410 e. The molecule has 0 saturated carbocycles. The molecular weight excluding hydrogens is 266 g/mol. The van der Waals surface area contributed by atoms with Crippen LogP contribution >= 0.6 is 0 Å². The Bertz CT molecular complexity index is 490. The van der Waals surface area contributed by atoms with E-state index in [1.165, 1.54) is 5.56 Å². The van der Waals surface area contributed by atoms with Gasteiger partial charge in [-0.15, -0.1) is 0 Å². The number of ether oxygens (including phenoxy) is 1. The first kappa shape index (κ1) is 15.8. The molecule has 1 aliphatic rings. The Morgan fingerprint density at radius 2 is 1.90 bits per heavy atom. The van der Waals surface area contributed by atoms with Crippen molar-refractivity contribution < 1.29 is 14.6 Å². The summed E-state index contributed by atoms with van der Waals surface area (Å²) in [5.74, 6) is 0.0873. The standard InChI is InChI=1S/C17H25NO3/c1-12-5-7-13(8-6-12)14-9-10-18(11-15(14)19)16(20)21-17(2,3)4/h5-8,14-15,19H,9-11H2,1-4H3/t14-,15+/m1/s1. The summed E-state index contributed by atoms with van der Waals surface area (Å²) in [6.45, 7) is 8.53. The zero-order chi connectivity index (χ0) is 15.6. The van der Waals surface area contributed by atoms with Crippen LogP contribution in [0.2, 0.25) is 0 Å². The first-order valence-electron chi connectivity index (χ1n) is 7.49. The van der Waals surface area contributed by atoms with E-state index in [1.54, 1.807) is 4.90 Å². The van der Waals surface area contributed by atoms with Crippen LogP contribution in [-0.2, 0) is 4.74 Å². The largest absolute Gasteiger partial charge is 0.444 e. The average molecular weight is 291 g/mol. The molecule has 1 heterocycles. The number of hydrogen-bond donors (Lipinski definition) is 1. The third-order valence-electron chi connectivity index (χ3n) is 3.74. The van der Waals surface area contributed by atoms with Crippen molar-refractivity contribution in [2.75, 3.05) is 13.1 Å². The van der Waals surface area contributed by atoms with Crippen molar-refractivity contribution in [3.63, 3.8) is 0 Å². The Labute approximate surface area is 126 Å². The molecule has 1 aromatic rings. The highest BCUT2D eigenvalue weighted by Gasteiger charge is 2.33. The number of hydrogen-bond acceptors (Lipinski definition) is 3. The highest BCUT2D eigenvalue weighted by molar-refractivity contribution is 5.68. The van der Waals surface area contributed by atoms with Crippen LogP contribution in [-0.4, -0.2) is 40.9 Å². The number of amides is 1. The number of aliphatic hydroxyl groups is 1. The molecule has 1 amide bonds. The number of carbonyl (C=O) groups excluding carboxylic acids is 1. The van der Waals surface area contributed by atoms with Gasteiger partial charge in [0, 0.05) is 12.5 Å². The van der Waals surface area contributed by atoms with Crippen LogP contribution in [0, 0.1) is 6.92 Å². The fourth-order valence-corrected chi connectivity index (χ4v) is 2.63. The average Bonchev–Trinajstić information content (AvgIpc) is 2.38. The number of piperidine rings is 1. The number of aliphatic hydroxyl groups excluding tert-OH is 1. The number of likely N-dealkylation sites (tertiary alicyclic amines) is 1. The van der Waals surface area contributed by atoms with Crippen LogP contribution in [0.5, 0.6) is 0 Å². The van der Waals surface area contributed by atoms with E-state index in [2.05, 4.69) is 24.3 Å². The Balaban J connectivity index is 1.99. The molecular formula is C17H25NO3. The lowest BCUT2D eigenvalue weighted by Gasteiger charge is -2.36. The first-order chi connectivity index (χ1) is 9.76. The molecule has 0 spiro atoms. The summed E-state index contributed by atoms with van der Waals surface area (Å²) < 4.78 is 5.36. The van der Waals surface area contributed by atoms with Gasteiger partial charge >= 0.3 is 6.09 Å². The van der Waals surface area contributed by atoms with Gasteiger partial charge in [-0.1, -0.05) is 29.8 Å². The minimum absolute atomic E-state index is 0.0873. The molecule has 1 saturated heterocycles. The lowest BCUT2D eigenvalue weighted by Crippen LogP contribution is -2.47. The lowest BCUT2D eigenvalue weighted by atomic mass is 9.87. The van der Waals surface area contributed by atoms with Gasteiger partial charge in [-0.25, -0.2) is 4.79 Å². The molecule has 21 heavy (non-hydrogen) atoms. The topological polar surface area (TPSA) is 49.8 Å². The second kappa shape index (κ2) is 6.06. The van der Waals surface area contributed by atoms with Crippen molar-refractivity contribution in [2.45, 2.75) is 51.7 Å². The summed E-state index contributed by atoms with van der Waals surface area (Å²) in [7, 11) is 0. The van der Waals surface area contributed by atoms with Crippen LogP contribution in [0.25, 0.3) is 0 Å². The van der Waals surface area contributed by atoms with Crippen LogP contribution in [0.3, 0.4) is 0 Å². The van der Waals surface area contributed by atoms with E-state index >= 15 is 0 Å². The van der Waals surface area contributed by atoms with E-state index < -0.39 is 11.7 Å². The third-order valence-corrected chi connectivity index (χ3v) is 3.74. The molecule has 1 aliphatic heterocycles. The van der Waals surface area contributed by atoms with Crippen molar-refractivity contribution in [2.24, 2.45) is 0 Å². The van der Waals surface area contributed by atoms with Crippen molar-refractivity contribution in [1.29, 1.82) is 0 Å². The predicted octanol–water partition coefficient (Wildman–Crippen LogP) is 3.08. The van der Waals surface area contributed by atoms with Crippen molar-refractivity contribution in [1.82, 2.24) is 4.90 Å². The Hall–Kier alpha value is -1.55. The highest BCUT2D eigenvalue weighted by atomic mass is 16.6. The van der Waals surface area contributed by atoms with Gasteiger partial charge in [0.05, 0.1) is 12.6 Å². The molecule has 0 bridgehead atoms. The molecule has 1 N–H and O–H groups in total. The summed E-state index contributed by atoms with van der Waals surface area (Å²) in [4.78, 5) is 13.6. The maximum absolute atomic E-state index is 12.0. The second-order valence-electron chi connectivity index (χ2n) is 6.80. The maximum Gasteiger partial charge on any atom is 0.410 e. The third kappa shape index (κ3) is 4.21. The van der Waals surface area contributed by atoms with Gasteiger partial charge in [0.15, 0.2) is 0 Å². The molecule has 116 valence electrons. The van der Waals surface area contributed by atoms with Crippen molar-refractivity contribution in [3.8, 4) is 0 Å². The first-order valence-corrected chi connectivity index (χ1v) is 7.49. The van der Waals surface area contributed by atoms with Gasteiger partial charge in [-0.05, 0) is 39.7 Å². The van der Waals surface area contributed by atoms with Crippen LogP contribution in [0.1, 0.15) is 44.2 Å². The molecule has 0 aliphatic carbocycles. The molecule has 2 rings (SSSR count).